The van der Waals surface area contributed by atoms with Gasteiger partial charge in [0, 0.05) is 24.4 Å². The van der Waals surface area contributed by atoms with Gasteiger partial charge in [-0.3, -0.25) is 4.79 Å². The maximum absolute atomic E-state index is 12.4. The first-order valence-corrected chi connectivity index (χ1v) is 10.6. The van der Waals surface area contributed by atoms with Crippen molar-refractivity contribution in [1.29, 1.82) is 0 Å². The number of ether oxygens (including phenoxy) is 2. The Hall–Kier alpha value is -2.25. The zero-order valence-corrected chi connectivity index (χ0v) is 17.2. The van der Waals surface area contributed by atoms with Crippen LogP contribution in [0.25, 0.3) is 10.2 Å². The van der Waals surface area contributed by atoms with E-state index in [0.29, 0.717) is 22.1 Å². The Kier molecular flexibility index (Phi) is 6.58. The summed E-state index contributed by atoms with van der Waals surface area (Å²) in [5, 5.41) is 0. The fourth-order valence-corrected chi connectivity index (χ4v) is 4.65. The maximum atomic E-state index is 12.4. The molecule has 1 aromatic heterocycles. The number of hydrogen-bond acceptors (Lipinski definition) is 5. The lowest BCUT2D eigenvalue weighted by Gasteiger charge is -2.08. The molecule has 0 spiro atoms. The molecule has 0 radical (unpaired) electrons. The third-order valence-electron chi connectivity index (χ3n) is 4.06. The van der Waals surface area contributed by atoms with Gasteiger partial charge in [-0.25, -0.2) is 0 Å². The minimum atomic E-state index is -0.122. The van der Waals surface area contributed by atoms with Gasteiger partial charge in [-0.1, -0.05) is 41.7 Å². The summed E-state index contributed by atoms with van der Waals surface area (Å²) in [6, 6.07) is 14.0. The van der Waals surface area contributed by atoms with Crippen LogP contribution in [0.4, 0.5) is 0 Å². The summed E-state index contributed by atoms with van der Waals surface area (Å²) in [6.45, 7) is 2.76. The zero-order chi connectivity index (χ0) is 19.2. The fourth-order valence-electron chi connectivity index (χ4n) is 2.76. The van der Waals surface area contributed by atoms with Crippen LogP contribution < -0.4 is 14.3 Å². The molecule has 0 saturated carbocycles. The average molecular weight is 403 g/mol. The molecular formula is C20H22N2O3S2. The molecule has 3 rings (SSSR count). The number of benzene rings is 2. The number of carbonyl (C=O) groups excluding carboxylic acids is 1. The fraction of sp³-hybridized carbons (Fsp3) is 0.300. The summed E-state index contributed by atoms with van der Waals surface area (Å²) in [5.74, 6) is 2.38. The molecule has 27 heavy (non-hydrogen) atoms. The van der Waals surface area contributed by atoms with Crippen LogP contribution in [0.2, 0.25) is 0 Å². The molecule has 0 aliphatic heterocycles. The van der Waals surface area contributed by atoms with Crippen LogP contribution >= 0.6 is 23.1 Å². The highest BCUT2D eigenvalue weighted by Crippen LogP contribution is 2.33. The summed E-state index contributed by atoms with van der Waals surface area (Å²) >= 11 is 3.06. The van der Waals surface area contributed by atoms with Crippen LogP contribution in [0.1, 0.15) is 12.5 Å². The Labute approximate surface area is 166 Å². The molecule has 0 unspecified atom stereocenters. The van der Waals surface area contributed by atoms with E-state index in [1.807, 2.05) is 41.8 Å². The van der Waals surface area contributed by atoms with Gasteiger partial charge < -0.3 is 14.0 Å². The first-order valence-electron chi connectivity index (χ1n) is 8.60. The summed E-state index contributed by atoms with van der Waals surface area (Å²) in [5.41, 5.74) is 2.20. The minimum absolute atomic E-state index is 0.122. The van der Waals surface area contributed by atoms with E-state index in [1.54, 1.807) is 26.0 Å². The van der Waals surface area contributed by atoms with E-state index in [-0.39, 0.29) is 5.91 Å². The molecule has 0 aliphatic rings. The predicted octanol–water partition coefficient (Wildman–Crippen LogP) is 4.10. The molecule has 2 aromatic carbocycles. The number of thiazole rings is 1. The number of rotatable bonds is 7. The molecule has 0 saturated heterocycles. The summed E-state index contributed by atoms with van der Waals surface area (Å²) in [7, 11) is 3.23. The van der Waals surface area contributed by atoms with Crippen molar-refractivity contribution in [2.24, 2.45) is 4.99 Å². The van der Waals surface area contributed by atoms with Crippen LogP contribution in [-0.2, 0) is 17.1 Å². The van der Waals surface area contributed by atoms with Crippen LogP contribution in [0.3, 0.4) is 0 Å². The quantitative estimate of drug-likeness (QED) is 0.597. The molecule has 0 atom stereocenters. The monoisotopic (exact) mass is 402 g/mol. The van der Waals surface area contributed by atoms with Crippen LogP contribution in [0.15, 0.2) is 47.5 Å². The van der Waals surface area contributed by atoms with Crippen molar-refractivity contribution in [2.75, 3.05) is 20.0 Å². The number of hydrogen-bond donors (Lipinski definition) is 0. The van der Waals surface area contributed by atoms with E-state index in [0.717, 1.165) is 22.5 Å². The number of thioether (sulfide) groups is 1. The van der Waals surface area contributed by atoms with Gasteiger partial charge in [0.2, 0.25) is 0 Å². The Morgan fingerprint density at radius 2 is 1.85 bits per heavy atom. The zero-order valence-electron chi connectivity index (χ0n) is 15.6. The Morgan fingerprint density at radius 3 is 2.52 bits per heavy atom. The standard InChI is InChI=1S/C20H22N2O3S2/c1-4-22-15-10-16(24-2)17(25-3)11-18(15)27-20(22)21-19(23)13-26-12-14-8-6-5-7-9-14/h5-11H,4,12-13H2,1-3H3. The molecule has 7 heteroatoms. The molecule has 0 aliphatic carbocycles. The Bertz CT molecular complexity index is 994. The maximum Gasteiger partial charge on any atom is 0.258 e. The first kappa shape index (κ1) is 19.5. The molecule has 0 bridgehead atoms. The Balaban J connectivity index is 1.82. The molecule has 1 amide bonds. The van der Waals surface area contributed by atoms with E-state index in [1.165, 1.54) is 16.9 Å². The van der Waals surface area contributed by atoms with E-state index in [2.05, 4.69) is 17.1 Å². The van der Waals surface area contributed by atoms with Gasteiger partial charge in [0.1, 0.15) is 0 Å². The molecule has 0 N–H and O–H groups in total. The molecular weight excluding hydrogens is 380 g/mol. The van der Waals surface area contributed by atoms with Gasteiger partial charge in [0.05, 0.1) is 30.2 Å². The summed E-state index contributed by atoms with van der Waals surface area (Å²) < 4.78 is 13.8. The van der Waals surface area contributed by atoms with Crippen molar-refractivity contribution in [3.8, 4) is 11.5 Å². The lowest BCUT2D eigenvalue weighted by atomic mass is 10.2. The predicted molar refractivity (Wildman–Crippen MR) is 112 cm³/mol. The number of aryl methyl sites for hydroxylation is 1. The van der Waals surface area contributed by atoms with Gasteiger partial charge in [-0.05, 0) is 12.5 Å². The average Bonchev–Trinajstić information content (AvgIpc) is 3.03. The molecule has 1 heterocycles. The number of carbonyl (C=O) groups is 1. The van der Waals surface area contributed by atoms with Crippen molar-refractivity contribution in [3.05, 3.63) is 52.8 Å². The third kappa shape index (κ3) is 4.54. The third-order valence-corrected chi connectivity index (χ3v) is 6.09. The van der Waals surface area contributed by atoms with E-state index in [9.17, 15) is 4.79 Å². The minimum Gasteiger partial charge on any atom is -0.493 e. The summed E-state index contributed by atoms with van der Waals surface area (Å²) in [4.78, 5) is 17.4. The lowest BCUT2D eigenvalue weighted by molar-refractivity contribution is -0.115. The highest BCUT2D eigenvalue weighted by atomic mass is 32.2. The van der Waals surface area contributed by atoms with Gasteiger partial charge in [-0.2, -0.15) is 4.99 Å². The normalized spacial score (nSPS) is 11.7. The van der Waals surface area contributed by atoms with Crippen molar-refractivity contribution in [3.63, 3.8) is 0 Å². The van der Waals surface area contributed by atoms with Gasteiger partial charge in [-0.15, -0.1) is 11.8 Å². The topological polar surface area (TPSA) is 52.8 Å². The number of amides is 1. The molecule has 0 fully saturated rings. The van der Waals surface area contributed by atoms with Crippen molar-refractivity contribution < 1.29 is 14.3 Å². The smallest absolute Gasteiger partial charge is 0.258 e. The highest BCUT2D eigenvalue weighted by Gasteiger charge is 2.12. The van der Waals surface area contributed by atoms with E-state index < -0.39 is 0 Å². The van der Waals surface area contributed by atoms with Gasteiger partial charge in [0.15, 0.2) is 16.3 Å². The van der Waals surface area contributed by atoms with Crippen LogP contribution in [0.5, 0.6) is 11.5 Å². The highest BCUT2D eigenvalue weighted by molar-refractivity contribution is 7.99. The molecule has 3 aromatic rings. The second-order valence-corrected chi connectivity index (χ2v) is 7.78. The van der Waals surface area contributed by atoms with Crippen molar-refractivity contribution in [2.45, 2.75) is 19.2 Å². The van der Waals surface area contributed by atoms with Gasteiger partial charge in [0.25, 0.3) is 5.91 Å². The molecule has 5 nitrogen and oxygen atoms in total. The number of nitrogens with zero attached hydrogens (tertiary/aromatic N) is 2. The second-order valence-electron chi connectivity index (χ2n) is 5.79. The molecule has 142 valence electrons. The van der Waals surface area contributed by atoms with Gasteiger partial charge >= 0.3 is 0 Å². The summed E-state index contributed by atoms with van der Waals surface area (Å²) in [6.07, 6.45) is 0. The largest absolute Gasteiger partial charge is 0.493 e. The first-order chi connectivity index (χ1) is 13.2. The number of fused-ring (bicyclic) bond motifs is 1. The van der Waals surface area contributed by atoms with E-state index in [4.69, 9.17) is 9.47 Å². The van der Waals surface area contributed by atoms with Crippen molar-refractivity contribution >= 4 is 39.2 Å². The van der Waals surface area contributed by atoms with Crippen LogP contribution in [0, 0.1) is 0 Å². The van der Waals surface area contributed by atoms with E-state index >= 15 is 0 Å². The Morgan fingerprint density at radius 1 is 1.15 bits per heavy atom. The van der Waals surface area contributed by atoms with Crippen LogP contribution in [-0.4, -0.2) is 30.4 Å². The SMILES string of the molecule is CCn1c(=NC(=O)CSCc2ccccc2)sc2cc(OC)c(OC)cc21. The lowest BCUT2D eigenvalue weighted by Crippen LogP contribution is -2.16. The number of methoxy groups -OCH3 is 2. The van der Waals surface area contributed by atoms with Crippen molar-refractivity contribution in [1.82, 2.24) is 4.57 Å². The second kappa shape index (κ2) is 9.10. The number of aromatic nitrogens is 1.